The number of nitriles is 1. The molecule has 1 rings (SSSR count). The lowest BCUT2D eigenvalue weighted by Gasteiger charge is -2.14. The smallest absolute Gasteiger partial charge is 0.123 e. The van der Waals surface area contributed by atoms with Gasteiger partial charge in [0.1, 0.15) is 11.5 Å². The average molecular weight is 205 g/mol. The molecule has 0 radical (unpaired) electrons. The van der Waals surface area contributed by atoms with Crippen molar-refractivity contribution >= 4 is 0 Å². The Bertz CT molecular complexity index is 380. The van der Waals surface area contributed by atoms with E-state index in [1.165, 1.54) is 0 Å². The lowest BCUT2D eigenvalue weighted by atomic mass is 10.0. The zero-order valence-electron chi connectivity index (χ0n) is 9.33. The van der Waals surface area contributed by atoms with Gasteiger partial charge in [0.2, 0.25) is 0 Å². The van der Waals surface area contributed by atoms with E-state index in [0.717, 1.165) is 29.0 Å². The van der Waals surface area contributed by atoms with Crippen molar-refractivity contribution in [1.82, 2.24) is 0 Å². The maximum atomic E-state index is 8.78. The molecule has 15 heavy (non-hydrogen) atoms. The third-order valence-corrected chi connectivity index (χ3v) is 2.39. The van der Waals surface area contributed by atoms with E-state index < -0.39 is 0 Å². The Balaban J connectivity index is 3.31. The average Bonchev–Trinajstić information content (AvgIpc) is 2.28. The largest absolute Gasteiger partial charge is 0.496 e. The summed E-state index contributed by atoms with van der Waals surface area (Å²) in [6.45, 7) is 2.04. The van der Waals surface area contributed by atoms with Crippen LogP contribution < -0.4 is 9.47 Å². The highest BCUT2D eigenvalue weighted by Gasteiger charge is 2.12. The second-order valence-corrected chi connectivity index (χ2v) is 3.12. The highest BCUT2D eigenvalue weighted by atomic mass is 16.5. The monoisotopic (exact) mass is 205 g/mol. The molecular formula is C12H15NO2. The maximum absolute atomic E-state index is 8.78. The van der Waals surface area contributed by atoms with E-state index in [1.807, 2.05) is 19.1 Å². The first-order valence-electron chi connectivity index (χ1n) is 4.88. The lowest BCUT2D eigenvalue weighted by Crippen LogP contribution is -2.00. The molecule has 80 valence electrons. The molecule has 1 aromatic rings. The molecule has 0 aliphatic carbocycles. The normalized spacial score (nSPS) is 9.47. The Hall–Kier alpha value is -1.69. The van der Waals surface area contributed by atoms with E-state index in [2.05, 4.69) is 6.07 Å². The van der Waals surface area contributed by atoms with Gasteiger partial charge in [0.25, 0.3) is 0 Å². The molecule has 0 atom stereocenters. The molecule has 0 saturated carbocycles. The molecule has 0 bridgehead atoms. The summed E-state index contributed by atoms with van der Waals surface area (Å²) in [5.41, 5.74) is 1.99. The van der Waals surface area contributed by atoms with E-state index in [0.29, 0.717) is 6.42 Å². The summed E-state index contributed by atoms with van der Waals surface area (Å²) >= 11 is 0. The number of hydrogen-bond donors (Lipinski definition) is 0. The molecule has 3 heteroatoms. The molecule has 0 saturated heterocycles. The second-order valence-electron chi connectivity index (χ2n) is 3.12. The number of hydrogen-bond acceptors (Lipinski definition) is 3. The van der Waals surface area contributed by atoms with Crippen molar-refractivity contribution < 1.29 is 9.47 Å². The van der Waals surface area contributed by atoms with Crippen LogP contribution in [0.1, 0.15) is 18.1 Å². The number of methoxy groups -OCH3 is 2. The fourth-order valence-corrected chi connectivity index (χ4v) is 1.69. The highest BCUT2D eigenvalue weighted by molar-refractivity contribution is 5.49. The standard InChI is InChI=1S/C12H15NO2/c1-4-9-10(7-8-13)12(15-3)6-5-11(9)14-2/h5-6H,4,7H2,1-3H3. The molecule has 0 aliphatic heterocycles. The van der Waals surface area contributed by atoms with Crippen molar-refractivity contribution in [2.75, 3.05) is 14.2 Å². The topological polar surface area (TPSA) is 42.2 Å². The van der Waals surface area contributed by atoms with Gasteiger partial charge >= 0.3 is 0 Å². The Morgan fingerprint density at radius 3 is 2.07 bits per heavy atom. The third-order valence-electron chi connectivity index (χ3n) is 2.39. The van der Waals surface area contributed by atoms with Crippen LogP contribution in [0, 0.1) is 11.3 Å². The first kappa shape index (κ1) is 11.4. The Labute approximate surface area is 90.2 Å². The predicted molar refractivity (Wildman–Crippen MR) is 58.2 cm³/mol. The van der Waals surface area contributed by atoms with E-state index >= 15 is 0 Å². The van der Waals surface area contributed by atoms with Crippen molar-refractivity contribution in [3.63, 3.8) is 0 Å². The van der Waals surface area contributed by atoms with Crippen molar-refractivity contribution in [3.8, 4) is 17.6 Å². The fourth-order valence-electron chi connectivity index (χ4n) is 1.69. The van der Waals surface area contributed by atoms with E-state index in [4.69, 9.17) is 14.7 Å². The minimum Gasteiger partial charge on any atom is -0.496 e. The van der Waals surface area contributed by atoms with Gasteiger partial charge in [-0.25, -0.2) is 0 Å². The van der Waals surface area contributed by atoms with Crippen molar-refractivity contribution in [2.24, 2.45) is 0 Å². The van der Waals surface area contributed by atoms with Gasteiger partial charge in [0, 0.05) is 11.1 Å². The summed E-state index contributed by atoms with van der Waals surface area (Å²) in [5.74, 6) is 1.58. The summed E-state index contributed by atoms with van der Waals surface area (Å²) in [7, 11) is 3.25. The first-order chi connectivity index (χ1) is 7.28. The second kappa shape index (κ2) is 5.26. The summed E-state index contributed by atoms with van der Waals surface area (Å²) < 4.78 is 10.5. The molecule has 3 nitrogen and oxygen atoms in total. The summed E-state index contributed by atoms with van der Waals surface area (Å²) in [4.78, 5) is 0. The molecular weight excluding hydrogens is 190 g/mol. The van der Waals surface area contributed by atoms with Crippen LogP contribution in [0.4, 0.5) is 0 Å². The molecule has 0 N–H and O–H groups in total. The van der Waals surface area contributed by atoms with E-state index in [9.17, 15) is 0 Å². The van der Waals surface area contributed by atoms with Crippen molar-refractivity contribution in [3.05, 3.63) is 23.3 Å². The van der Waals surface area contributed by atoms with Crippen molar-refractivity contribution in [1.29, 1.82) is 5.26 Å². The van der Waals surface area contributed by atoms with Crippen LogP contribution in [0.2, 0.25) is 0 Å². The highest BCUT2D eigenvalue weighted by Crippen LogP contribution is 2.31. The summed E-state index contributed by atoms with van der Waals surface area (Å²) in [5, 5.41) is 8.78. The first-order valence-corrected chi connectivity index (χ1v) is 4.88. The Morgan fingerprint density at radius 2 is 1.67 bits per heavy atom. The molecule has 0 unspecified atom stereocenters. The SMILES string of the molecule is CCc1c(OC)ccc(OC)c1CC#N. The van der Waals surface area contributed by atoms with Gasteiger partial charge in [0.15, 0.2) is 0 Å². The van der Waals surface area contributed by atoms with Gasteiger partial charge in [-0.2, -0.15) is 5.26 Å². The summed E-state index contributed by atoms with van der Waals surface area (Å²) in [6.07, 6.45) is 1.18. The molecule has 1 aromatic carbocycles. The lowest BCUT2D eigenvalue weighted by molar-refractivity contribution is 0.395. The molecule has 0 fully saturated rings. The van der Waals surface area contributed by atoms with Crippen LogP contribution in [0.5, 0.6) is 11.5 Å². The Kier molecular flexibility index (Phi) is 3.99. The third kappa shape index (κ3) is 2.21. The minimum absolute atomic E-state index is 0.351. The number of nitrogens with zero attached hydrogens (tertiary/aromatic N) is 1. The van der Waals surface area contributed by atoms with Gasteiger partial charge in [0.05, 0.1) is 26.7 Å². The zero-order chi connectivity index (χ0) is 11.3. The van der Waals surface area contributed by atoms with Gasteiger partial charge in [-0.3, -0.25) is 0 Å². The Morgan fingerprint density at radius 1 is 1.13 bits per heavy atom. The molecule has 0 aliphatic rings. The predicted octanol–water partition coefficient (Wildman–Crippen LogP) is 2.33. The zero-order valence-corrected chi connectivity index (χ0v) is 9.33. The molecule has 0 heterocycles. The number of ether oxygens (including phenoxy) is 2. The molecule has 0 aromatic heterocycles. The summed E-state index contributed by atoms with van der Waals surface area (Å²) in [6, 6.07) is 5.86. The molecule has 0 amide bonds. The van der Waals surface area contributed by atoms with Gasteiger partial charge in [-0.15, -0.1) is 0 Å². The van der Waals surface area contributed by atoms with Crippen molar-refractivity contribution in [2.45, 2.75) is 19.8 Å². The van der Waals surface area contributed by atoms with Gasteiger partial charge in [-0.05, 0) is 18.6 Å². The van der Waals surface area contributed by atoms with Crippen LogP contribution in [0.25, 0.3) is 0 Å². The van der Waals surface area contributed by atoms with Gasteiger partial charge in [-0.1, -0.05) is 6.92 Å². The van der Waals surface area contributed by atoms with Crippen LogP contribution in [-0.4, -0.2) is 14.2 Å². The number of benzene rings is 1. The molecule has 0 spiro atoms. The maximum Gasteiger partial charge on any atom is 0.123 e. The van der Waals surface area contributed by atoms with Crippen LogP contribution in [0.3, 0.4) is 0 Å². The van der Waals surface area contributed by atoms with E-state index in [-0.39, 0.29) is 0 Å². The van der Waals surface area contributed by atoms with Crippen LogP contribution >= 0.6 is 0 Å². The number of rotatable bonds is 4. The quantitative estimate of drug-likeness (QED) is 0.757. The minimum atomic E-state index is 0.351. The van der Waals surface area contributed by atoms with E-state index in [1.54, 1.807) is 14.2 Å². The van der Waals surface area contributed by atoms with Crippen LogP contribution in [-0.2, 0) is 12.8 Å². The fraction of sp³-hybridized carbons (Fsp3) is 0.417. The van der Waals surface area contributed by atoms with Gasteiger partial charge < -0.3 is 9.47 Å². The van der Waals surface area contributed by atoms with Crippen LogP contribution in [0.15, 0.2) is 12.1 Å².